The standard InChI is InChI=1S/C3H6O2S/c4-3-5-1-2-6-3/h3-4H,1-2H2/t3-/m1/s1. The van der Waals surface area contributed by atoms with Crippen molar-refractivity contribution in [3.63, 3.8) is 0 Å². The zero-order valence-corrected chi connectivity index (χ0v) is 4.07. The molecule has 0 aromatic carbocycles. The Hall–Kier alpha value is 0.270. The Morgan fingerprint density at radius 3 is 2.83 bits per heavy atom. The molecule has 0 aromatic heterocycles. The number of hydrogen-bond acceptors (Lipinski definition) is 3. The Bertz CT molecular complexity index is 42.1. The van der Waals surface area contributed by atoms with E-state index in [1.54, 1.807) is 0 Å². The van der Waals surface area contributed by atoms with Crippen molar-refractivity contribution in [2.24, 2.45) is 0 Å². The number of aliphatic hydroxyl groups excluding tert-OH is 1. The molecule has 0 bridgehead atoms. The first-order chi connectivity index (χ1) is 2.89. The number of ether oxygens (including phenoxy) is 1. The van der Waals surface area contributed by atoms with Crippen LogP contribution >= 0.6 is 11.8 Å². The molecule has 36 valence electrons. The van der Waals surface area contributed by atoms with Crippen LogP contribution in [0.5, 0.6) is 0 Å². The summed E-state index contributed by atoms with van der Waals surface area (Å²) >= 11 is 1.43. The molecular weight excluding hydrogens is 100 g/mol. The molecule has 1 atom stereocenters. The Morgan fingerprint density at radius 2 is 2.67 bits per heavy atom. The van der Waals surface area contributed by atoms with Gasteiger partial charge in [-0.2, -0.15) is 0 Å². The van der Waals surface area contributed by atoms with Gasteiger partial charge in [0.05, 0.1) is 6.61 Å². The maximum Gasteiger partial charge on any atom is 0.204 e. The summed E-state index contributed by atoms with van der Waals surface area (Å²) < 4.78 is 4.67. The minimum atomic E-state index is -0.537. The van der Waals surface area contributed by atoms with E-state index >= 15 is 0 Å². The van der Waals surface area contributed by atoms with E-state index < -0.39 is 5.62 Å². The van der Waals surface area contributed by atoms with Gasteiger partial charge in [0.25, 0.3) is 0 Å². The van der Waals surface area contributed by atoms with Crippen LogP contribution in [0.4, 0.5) is 0 Å². The molecule has 6 heavy (non-hydrogen) atoms. The Kier molecular flexibility index (Phi) is 1.34. The molecule has 1 rings (SSSR count). The van der Waals surface area contributed by atoms with Gasteiger partial charge < -0.3 is 9.84 Å². The van der Waals surface area contributed by atoms with Crippen LogP contribution in [0.25, 0.3) is 0 Å². The fraction of sp³-hybridized carbons (Fsp3) is 1.00. The first kappa shape index (κ1) is 4.43. The summed E-state index contributed by atoms with van der Waals surface area (Å²) in [5, 5.41) is 8.47. The fourth-order valence-electron chi connectivity index (χ4n) is 0.346. The molecule has 1 fully saturated rings. The van der Waals surface area contributed by atoms with Gasteiger partial charge in [0.1, 0.15) is 0 Å². The molecule has 2 nitrogen and oxygen atoms in total. The SMILES string of the molecule is O[C@@H]1OCCS1. The van der Waals surface area contributed by atoms with Crippen LogP contribution in [-0.2, 0) is 4.74 Å². The molecule has 0 aromatic rings. The van der Waals surface area contributed by atoms with E-state index in [1.165, 1.54) is 11.8 Å². The van der Waals surface area contributed by atoms with Gasteiger partial charge in [-0.05, 0) is 0 Å². The van der Waals surface area contributed by atoms with Crippen LogP contribution in [-0.4, -0.2) is 23.1 Å². The Balaban J connectivity index is 2.18. The highest BCUT2D eigenvalue weighted by atomic mass is 32.2. The van der Waals surface area contributed by atoms with Crippen molar-refractivity contribution < 1.29 is 9.84 Å². The summed E-state index contributed by atoms with van der Waals surface area (Å²) in [5.41, 5.74) is -0.537. The summed E-state index contributed by atoms with van der Waals surface area (Å²) in [4.78, 5) is 0. The van der Waals surface area contributed by atoms with E-state index in [4.69, 9.17) is 5.11 Å². The molecule has 1 aliphatic heterocycles. The summed E-state index contributed by atoms with van der Waals surface area (Å²) in [6.45, 7) is 0.700. The van der Waals surface area contributed by atoms with E-state index in [9.17, 15) is 0 Å². The van der Waals surface area contributed by atoms with Crippen molar-refractivity contribution in [1.29, 1.82) is 0 Å². The molecule has 0 aliphatic carbocycles. The number of aliphatic hydroxyl groups is 1. The minimum absolute atomic E-state index is 0.537. The second-order valence-corrected chi connectivity index (χ2v) is 2.19. The van der Waals surface area contributed by atoms with Crippen LogP contribution in [0, 0.1) is 0 Å². The predicted octanol–water partition coefficient (Wildman–Crippen LogP) is 0.0257. The van der Waals surface area contributed by atoms with Crippen LogP contribution < -0.4 is 0 Å². The van der Waals surface area contributed by atoms with Crippen LogP contribution in [0.2, 0.25) is 0 Å². The summed E-state index contributed by atoms with van der Waals surface area (Å²) in [6, 6.07) is 0. The summed E-state index contributed by atoms with van der Waals surface area (Å²) in [7, 11) is 0. The predicted molar refractivity (Wildman–Crippen MR) is 24.4 cm³/mol. The fourth-order valence-corrected chi connectivity index (χ4v) is 0.933. The first-order valence-corrected chi connectivity index (χ1v) is 2.86. The lowest BCUT2D eigenvalue weighted by Gasteiger charge is -1.92. The number of hydrogen-bond donors (Lipinski definition) is 1. The lowest BCUT2D eigenvalue weighted by Crippen LogP contribution is -1.95. The monoisotopic (exact) mass is 106 g/mol. The lowest BCUT2D eigenvalue weighted by molar-refractivity contribution is -0.0125. The van der Waals surface area contributed by atoms with Crippen molar-refractivity contribution in [2.75, 3.05) is 12.4 Å². The normalized spacial score (nSPS) is 34.5. The van der Waals surface area contributed by atoms with E-state index in [0.717, 1.165) is 5.75 Å². The van der Waals surface area contributed by atoms with Gasteiger partial charge >= 0.3 is 0 Å². The average Bonchev–Trinajstić information content (AvgIpc) is 1.86. The zero-order valence-electron chi connectivity index (χ0n) is 3.26. The molecule has 0 unspecified atom stereocenters. The van der Waals surface area contributed by atoms with E-state index in [-0.39, 0.29) is 0 Å². The lowest BCUT2D eigenvalue weighted by atomic mass is 10.9. The molecule has 1 aliphatic rings. The minimum Gasteiger partial charge on any atom is -0.360 e. The molecule has 1 heterocycles. The summed E-state index contributed by atoms with van der Waals surface area (Å²) in [5.74, 6) is 0.932. The Labute approximate surface area is 40.5 Å². The average molecular weight is 106 g/mol. The summed E-state index contributed by atoms with van der Waals surface area (Å²) in [6.07, 6.45) is 0. The van der Waals surface area contributed by atoms with Crippen molar-refractivity contribution in [3.8, 4) is 0 Å². The smallest absolute Gasteiger partial charge is 0.204 e. The highest BCUT2D eigenvalue weighted by Crippen LogP contribution is 2.15. The first-order valence-electron chi connectivity index (χ1n) is 1.81. The van der Waals surface area contributed by atoms with E-state index in [2.05, 4.69) is 4.74 Å². The topological polar surface area (TPSA) is 29.5 Å². The van der Waals surface area contributed by atoms with Gasteiger partial charge in [0.2, 0.25) is 5.62 Å². The maximum absolute atomic E-state index is 8.47. The van der Waals surface area contributed by atoms with Crippen molar-refractivity contribution in [1.82, 2.24) is 0 Å². The van der Waals surface area contributed by atoms with E-state index in [0.29, 0.717) is 6.61 Å². The largest absolute Gasteiger partial charge is 0.360 e. The van der Waals surface area contributed by atoms with Gasteiger partial charge in [-0.1, -0.05) is 11.8 Å². The van der Waals surface area contributed by atoms with Crippen molar-refractivity contribution >= 4 is 11.8 Å². The quantitative estimate of drug-likeness (QED) is 0.472. The Morgan fingerprint density at radius 1 is 1.83 bits per heavy atom. The number of thioether (sulfide) groups is 1. The molecule has 0 saturated carbocycles. The number of rotatable bonds is 0. The van der Waals surface area contributed by atoms with Crippen molar-refractivity contribution in [3.05, 3.63) is 0 Å². The van der Waals surface area contributed by atoms with Crippen LogP contribution in [0.3, 0.4) is 0 Å². The third-order valence-corrected chi connectivity index (χ3v) is 1.43. The van der Waals surface area contributed by atoms with E-state index in [1.807, 2.05) is 0 Å². The molecular formula is C3H6O2S. The van der Waals surface area contributed by atoms with Crippen LogP contribution in [0.1, 0.15) is 0 Å². The second kappa shape index (κ2) is 1.82. The van der Waals surface area contributed by atoms with Gasteiger partial charge in [-0.15, -0.1) is 0 Å². The van der Waals surface area contributed by atoms with Gasteiger partial charge in [-0.25, -0.2) is 0 Å². The van der Waals surface area contributed by atoms with Crippen molar-refractivity contribution in [2.45, 2.75) is 5.62 Å². The second-order valence-electron chi connectivity index (χ2n) is 1.05. The molecule has 0 radical (unpaired) electrons. The van der Waals surface area contributed by atoms with Gasteiger partial charge in [0.15, 0.2) is 0 Å². The van der Waals surface area contributed by atoms with Gasteiger partial charge in [-0.3, -0.25) is 0 Å². The third-order valence-electron chi connectivity index (χ3n) is 0.604. The zero-order chi connectivity index (χ0) is 4.41. The molecule has 0 spiro atoms. The molecule has 1 saturated heterocycles. The molecule has 0 amide bonds. The molecule has 1 N–H and O–H groups in total. The highest BCUT2D eigenvalue weighted by molar-refractivity contribution is 7.99. The van der Waals surface area contributed by atoms with Gasteiger partial charge in [0, 0.05) is 5.75 Å². The molecule has 3 heteroatoms. The maximum atomic E-state index is 8.47. The van der Waals surface area contributed by atoms with Crippen LogP contribution in [0.15, 0.2) is 0 Å². The highest BCUT2D eigenvalue weighted by Gasteiger charge is 2.09. The third kappa shape index (κ3) is 0.864.